The number of nitrogens with one attached hydrogen (secondary N) is 1. The van der Waals surface area contributed by atoms with Gasteiger partial charge >= 0.3 is 0 Å². The third-order valence-corrected chi connectivity index (χ3v) is 3.59. The van der Waals surface area contributed by atoms with Gasteiger partial charge in [-0.05, 0) is 51.4 Å². The fourth-order valence-electron chi connectivity index (χ4n) is 2.44. The van der Waals surface area contributed by atoms with E-state index in [-0.39, 0.29) is 0 Å². The molecule has 1 N–H and O–H groups in total. The first-order valence-corrected chi connectivity index (χ1v) is 8.03. The summed E-state index contributed by atoms with van der Waals surface area (Å²) < 4.78 is 0. The second kappa shape index (κ2) is 8.96. The lowest BCUT2D eigenvalue weighted by molar-refractivity contribution is 0.618. The van der Waals surface area contributed by atoms with Gasteiger partial charge in [0.15, 0.2) is 0 Å². The fourth-order valence-corrected chi connectivity index (χ4v) is 2.44. The van der Waals surface area contributed by atoms with Crippen molar-refractivity contribution in [1.29, 1.82) is 0 Å². The lowest BCUT2D eigenvalue weighted by atomic mass is 10.1. The predicted molar refractivity (Wildman–Crippen MR) is 88.4 cm³/mol. The molecule has 0 aromatic carbocycles. The van der Waals surface area contributed by atoms with Crippen molar-refractivity contribution in [2.75, 3.05) is 18.5 Å². The maximum absolute atomic E-state index is 4.83. The van der Waals surface area contributed by atoms with E-state index >= 15 is 0 Å². The number of unbranched alkanes of at least 4 members (excludes halogenated alkanes) is 2. The topological polar surface area (TPSA) is 28.2 Å². The third kappa shape index (κ3) is 5.12. The van der Waals surface area contributed by atoms with E-state index in [1.54, 1.807) is 0 Å². The highest BCUT2D eigenvalue weighted by atomic mass is 15.2. The molecule has 1 aromatic heterocycles. The first-order chi connectivity index (χ1) is 9.62. The SMILES string of the molecule is CCCCCN(c1cc(CNC)cc(CC)n1)C(C)C. The molecular weight excluding hydrogens is 246 g/mol. The van der Waals surface area contributed by atoms with Gasteiger partial charge < -0.3 is 10.2 Å². The van der Waals surface area contributed by atoms with Gasteiger partial charge in [-0.15, -0.1) is 0 Å². The Labute approximate surface area is 124 Å². The normalized spacial score (nSPS) is 11.1. The number of anilines is 1. The van der Waals surface area contributed by atoms with Crippen LogP contribution in [0, 0.1) is 0 Å². The summed E-state index contributed by atoms with van der Waals surface area (Å²) in [6.45, 7) is 10.9. The number of pyridine rings is 1. The molecule has 0 atom stereocenters. The van der Waals surface area contributed by atoms with Crippen molar-refractivity contribution in [2.45, 2.75) is 66.0 Å². The van der Waals surface area contributed by atoms with Crippen LogP contribution in [0.25, 0.3) is 0 Å². The molecule has 3 heteroatoms. The van der Waals surface area contributed by atoms with Crippen molar-refractivity contribution in [2.24, 2.45) is 0 Å². The molecule has 0 fully saturated rings. The zero-order valence-corrected chi connectivity index (χ0v) is 13.9. The Kier molecular flexibility index (Phi) is 7.60. The van der Waals surface area contributed by atoms with E-state index < -0.39 is 0 Å². The molecule has 1 heterocycles. The summed E-state index contributed by atoms with van der Waals surface area (Å²) in [4.78, 5) is 7.27. The molecule has 20 heavy (non-hydrogen) atoms. The highest BCUT2D eigenvalue weighted by Gasteiger charge is 2.13. The second-order valence-corrected chi connectivity index (χ2v) is 5.70. The summed E-state index contributed by atoms with van der Waals surface area (Å²) in [6, 6.07) is 4.94. The quantitative estimate of drug-likeness (QED) is 0.696. The summed E-state index contributed by atoms with van der Waals surface area (Å²) >= 11 is 0. The van der Waals surface area contributed by atoms with Crippen LogP contribution in [0.1, 0.15) is 58.2 Å². The number of rotatable bonds is 9. The summed E-state index contributed by atoms with van der Waals surface area (Å²) in [7, 11) is 1.99. The van der Waals surface area contributed by atoms with Gasteiger partial charge in [-0.3, -0.25) is 0 Å². The van der Waals surface area contributed by atoms with Crippen LogP contribution in [0.15, 0.2) is 12.1 Å². The molecule has 0 unspecified atom stereocenters. The van der Waals surface area contributed by atoms with E-state index in [1.165, 1.54) is 30.5 Å². The summed E-state index contributed by atoms with van der Waals surface area (Å²) in [6.07, 6.45) is 4.79. The van der Waals surface area contributed by atoms with Gasteiger partial charge in [0.2, 0.25) is 0 Å². The number of hydrogen-bond acceptors (Lipinski definition) is 3. The molecule has 0 amide bonds. The Bertz CT molecular complexity index is 388. The van der Waals surface area contributed by atoms with Crippen molar-refractivity contribution >= 4 is 5.82 Å². The molecule has 0 aliphatic carbocycles. The highest BCUT2D eigenvalue weighted by Crippen LogP contribution is 2.19. The Balaban J connectivity index is 2.95. The first-order valence-electron chi connectivity index (χ1n) is 8.03. The second-order valence-electron chi connectivity index (χ2n) is 5.70. The zero-order valence-electron chi connectivity index (χ0n) is 13.9. The van der Waals surface area contributed by atoms with Gasteiger partial charge in [0, 0.05) is 24.8 Å². The maximum atomic E-state index is 4.83. The standard InChI is InChI=1S/C17H31N3/c1-6-8-9-10-20(14(3)4)17-12-15(13-18-5)11-16(7-2)19-17/h11-12,14,18H,6-10,13H2,1-5H3. The van der Waals surface area contributed by atoms with E-state index in [0.29, 0.717) is 6.04 Å². The molecule has 0 bridgehead atoms. The summed E-state index contributed by atoms with van der Waals surface area (Å²) in [5.41, 5.74) is 2.52. The molecule has 0 spiro atoms. The Morgan fingerprint density at radius 3 is 2.50 bits per heavy atom. The van der Waals surface area contributed by atoms with Crippen LogP contribution in [0.2, 0.25) is 0 Å². The van der Waals surface area contributed by atoms with E-state index in [0.717, 1.165) is 25.3 Å². The Hall–Kier alpha value is -1.09. The van der Waals surface area contributed by atoms with Crippen LogP contribution < -0.4 is 10.2 Å². The van der Waals surface area contributed by atoms with Crippen LogP contribution in [0.3, 0.4) is 0 Å². The summed E-state index contributed by atoms with van der Waals surface area (Å²) in [5.74, 6) is 1.14. The van der Waals surface area contributed by atoms with Gasteiger partial charge in [0.1, 0.15) is 5.82 Å². The Morgan fingerprint density at radius 1 is 1.20 bits per heavy atom. The molecule has 0 saturated heterocycles. The first kappa shape index (κ1) is 17.0. The molecular formula is C17H31N3. The van der Waals surface area contributed by atoms with Crippen molar-refractivity contribution in [3.63, 3.8) is 0 Å². The van der Waals surface area contributed by atoms with Crippen LogP contribution >= 0.6 is 0 Å². The zero-order chi connectivity index (χ0) is 15.0. The van der Waals surface area contributed by atoms with Gasteiger partial charge in [0.25, 0.3) is 0 Å². The summed E-state index contributed by atoms with van der Waals surface area (Å²) in [5, 5.41) is 3.24. The minimum Gasteiger partial charge on any atom is -0.354 e. The van der Waals surface area contributed by atoms with Gasteiger partial charge in [-0.2, -0.15) is 0 Å². The molecule has 0 aliphatic heterocycles. The van der Waals surface area contributed by atoms with Crippen molar-refractivity contribution < 1.29 is 0 Å². The van der Waals surface area contributed by atoms with Crippen molar-refractivity contribution in [3.8, 4) is 0 Å². The van der Waals surface area contributed by atoms with E-state index in [9.17, 15) is 0 Å². The number of hydrogen-bond donors (Lipinski definition) is 1. The Morgan fingerprint density at radius 2 is 1.95 bits per heavy atom. The van der Waals surface area contributed by atoms with E-state index in [2.05, 4.69) is 50.0 Å². The van der Waals surface area contributed by atoms with Gasteiger partial charge in [-0.1, -0.05) is 26.7 Å². The minimum atomic E-state index is 0.494. The minimum absolute atomic E-state index is 0.494. The molecule has 0 aliphatic rings. The van der Waals surface area contributed by atoms with Crippen LogP contribution in [0.4, 0.5) is 5.82 Å². The van der Waals surface area contributed by atoms with E-state index in [4.69, 9.17) is 4.98 Å². The van der Waals surface area contributed by atoms with Crippen LogP contribution in [0.5, 0.6) is 0 Å². The fraction of sp³-hybridized carbons (Fsp3) is 0.706. The van der Waals surface area contributed by atoms with Crippen molar-refractivity contribution in [3.05, 3.63) is 23.4 Å². The molecule has 1 aromatic rings. The lowest BCUT2D eigenvalue weighted by Gasteiger charge is -2.29. The van der Waals surface area contributed by atoms with E-state index in [1.807, 2.05) is 7.05 Å². The third-order valence-electron chi connectivity index (χ3n) is 3.59. The average Bonchev–Trinajstić information content (AvgIpc) is 2.43. The maximum Gasteiger partial charge on any atom is 0.129 e. The van der Waals surface area contributed by atoms with Gasteiger partial charge in [-0.25, -0.2) is 4.98 Å². The molecule has 0 radical (unpaired) electrons. The lowest BCUT2D eigenvalue weighted by Crippen LogP contribution is -2.33. The monoisotopic (exact) mass is 277 g/mol. The number of aromatic nitrogens is 1. The molecule has 1 rings (SSSR count). The molecule has 3 nitrogen and oxygen atoms in total. The highest BCUT2D eigenvalue weighted by molar-refractivity contribution is 5.43. The van der Waals surface area contributed by atoms with Crippen LogP contribution in [-0.2, 0) is 13.0 Å². The predicted octanol–water partition coefficient (Wildman–Crippen LogP) is 3.77. The van der Waals surface area contributed by atoms with Crippen molar-refractivity contribution in [1.82, 2.24) is 10.3 Å². The largest absolute Gasteiger partial charge is 0.354 e. The number of aryl methyl sites for hydroxylation is 1. The molecule has 114 valence electrons. The van der Waals surface area contributed by atoms with Gasteiger partial charge in [0.05, 0.1) is 0 Å². The average molecular weight is 277 g/mol. The molecule has 0 saturated carbocycles. The smallest absolute Gasteiger partial charge is 0.129 e. The number of nitrogens with zero attached hydrogens (tertiary/aromatic N) is 2. The van der Waals surface area contributed by atoms with Crippen LogP contribution in [-0.4, -0.2) is 24.6 Å².